The topological polar surface area (TPSA) is 55.8 Å². The van der Waals surface area contributed by atoms with E-state index in [0.29, 0.717) is 24.3 Å². The Morgan fingerprint density at radius 2 is 1.82 bits per heavy atom. The van der Waals surface area contributed by atoms with Crippen LogP contribution in [0.1, 0.15) is 22.2 Å². The Bertz CT molecular complexity index is 1480. The molecule has 0 aliphatic rings. The van der Waals surface area contributed by atoms with Crippen molar-refractivity contribution in [3.63, 3.8) is 0 Å². The molecule has 0 aliphatic carbocycles. The summed E-state index contributed by atoms with van der Waals surface area (Å²) in [5.74, 6) is -0.289. The monoisotopic (exact) mass is 460 g/mol. The molecule has 0 bridgehead atoms. The molecule has 0 unspecified atom stereocenters. The van der Waals surface area contributed by atoms with E-state index in [1.807, 2.05) is 22.8 Å². The average molecular weight is 461 g/mol. The third kappa shape index (κ3) is 4.21. The van der Waals surface area contributed by atoms with Crippen LogP contribution in [-0.2, 0) is 17.7 Å². The number of rotatable bonds is 7. The van der Waals surface area contributed by atoms with Gasteiger partial charge < -0.3 is 13.9 Å². The molecule has 0 saturated heterocycles. The molecule has 168 valence electrons. The largest absolute Gasteiger partial charge is 0.383 e. The molecule has 33 heavy (non-hydrogen) atoms. The zero-order valence-corrected chi connectivity index (χ0v) is 19.4. The number of methoxy groups -OCH3 is 1. The van der Waals surface area contributed by atoms with E-state index < -0.39 is 0 Å². The number of benzene rings is 3. The van der Waals surface area contributed by atoms with Crippen molar-refractivity contribution in [3.05, 3.63) is 94.3 Å². The number of aromatic nitrogens is 3. The van der Waals surface area contributed by atoms with Crippen LogP contribution in [0.2, 0.25) is 0 Å². The van der Waals surface area contributed by atoms with E-state index in [-0.39, 0.29) is 11.9 Å². The number of imidazole rings is 1. The van der Waals surface area contributed by atoms with Crippen molar-refractivity contribution in [1.82, 2.24) is 14.1 Å². The molecule has 0 aliphatic heterocycles. The number of nitrogens with zero attached hydrogens (tertiary/aromatic N) is 3. The van der Waals surface area contributed by atoms with Crippen molar-refractivity contribution >= 4 is 32.6 Å². The maximum Gasteiger partial charge on any atom is 0.203 e. The van der Waals surface area contributed by atoms with Gasteiger partial charge in [0.1, 0.15) is 10.8 Å². The summed E-state index contributed by atoms with van der Waals surface area (Å²) in [6.45, 7) is 3.04. The number of nitrogens with one attached hydrogen (secondary N) is 1. The van der Waals surface area contributed by atoms with Gasteiger partial charge in [-0.3, -0.25) is 5.41 Å². The van der Waals surface area contributed by atoms with E-state index >= 15 is 0 Å². The van der Waals surface area contributed by atoms with Gasteiger partial charge >= 0.3 is 0 Å². The number of hydrogen-bond acceptors (Lipinski definition) is 4. The van der Waals surface area contributed by atoms with Crippen molar-refractivity contribution in [2.75, 3.05) is 13.7 Å². The molecule has 2 heterocycles. The standard InChI is InChI=1S/C26H25FN4OS/c1-17-7-9-18(10-8-17)13-20(16-32-2)31-23-6-4-3-5-22(23)30(26(31)28)15-25-29-21-14-19(27)11-12-24(21)33-25/h3-12,14,20,28H,13,15-16H2,1-2H3/t20-/m0/s1. The van der Waals surface area contributed by atoms with Gasteiger partial charge in [-0.15, -0.1) is 11.3 Å². The summed E-state index contributed by atoms with van der Waals surface area (Å²) in [5.41, 5.74) is 5.45. The van der Waals surface area contributed by atoms with E-state index in [1.54, 1.807) is 13.2 Å². The van der Waals surface area contributed by atoms with E-state index in [1.165, 1.54) is 34.6 Å². The smallest absolute Gasteiger partial charge is 0.203 e. The molecular weight excluding hydrogens is 435 g/mol. The second-order valence-electron chi connectivity index (χ2n) is 8.29. The fraction of sp³-hybridized carbons (Fsp3) is 0.231. The van der Waals surface area contributed by atoms with Crippen LogP contribution < -0.4 is 5.62 Å². The fourth-order valence-electron chi connectivity index (χ4n) is 4.35. The number of fused-ring (bicyclic) bond motifs is 2. The Balaban J connectivity index is 1.58. The first kappa shape index (κ1) is 21.6. The molecular formula is C26H25FN4OS. The minimum absolute atomic E-state index is 0.0270. The second kappa shape index (κ2) is 8.92. The van der Waals surface area contributed by atoms with Crippen LogP contribution in [0.4, 0.5) is 4.39 Å². The second-order valence-corrected chi connectivity index (χ2v) is 9.40. The highest BCUT2D eigenvalue weighted by Gasteiger charge is 2.20. The molecule has 5 aromatic rings. The molecule has 1 N–H and O–H groups in total. The van der Waals surface area contributed by atoms with Crippen molar-refractivity contribution in [1.29, 1.82) is 5.41 Å². The van der Waals surface area contributed by atoms with Crippen LogP contribution in [-0.4, -0.2) is 27.8 Å². The lowest BCUT2D eigenvalue weighted by Crippen LogP contribution is -2.31. The van der Waals surface area contributed by atoms with Gasteiger partial charge in [0.15, 0.2) is 0 Å². The molecule has 2 aromatic heterocycles. The van der Waals surface area contributed by atoms with Crippen molar-refractivity contribution in [3.8, 4) is 0 Å². The average Bonchev–Trinajstić information content (AvgIpc) is 3.33. The molecule has 5 rings (SSSR count). The third-order valence-electron chi connectivity index (χ3n) is 5.92. The summed E-state index contributed by atoms with van der Waals surface area (Å²) < 4.78 is 24.2. The minimum Gasteiger partial charge on any atom is -0.383 e. The molecule has 0 amide bonds. The van der Waals surface area contributed by atoms with Crippen LogP contribution >= 0.6 is 11.3 Å². The number of halogens is 1. The van der Waals surface area contributed by atoms with Crippen molar-refractivity contribution in [2.45, 2.75) is 25.9 Å². The highest BCUT2D eigenvalue weighted by atomic mass is 32.1. The Hall–Kier alpha value is -3.29. The summed E-state index contributed by atoms with van der Waals surface area (Å²) >= 11 is 1.53. The van der Waals surface area contributed by atoms with Gasteiger partial charge in [0.25, 0.3) is 0 Å². The predicted octanol–water partition coefficient (Wildman–Crippen LogP) is 5.46. The Kier molecular flexibility index (Phi) is 5.83. The number of thiazole rings is 1. The molecule has 0 spiro atoms. The molecule has 3 aromatic carbocycles. The van der Waals surface area contributed by atoms with Crippen molar-refractivity contribution < 1.29 is 9.13 Å². The molecule has 5 nitrogen and oxygen atoms in total. The molecule has 7 heteroatoms. The van der Waals surface area contributed by atoms with Crippen LogP contribution in [0.15, 0.2) is 66.7 Å². The minimum atomic E-state index is -0.289. The number of para-hydroxylation sites is 2. The van der Waals surface area contributed by atoms with E-state index in [0.717, 1.165) is 27.2 Å². The predicted molar refractivity (Wildman–Crippen MR) is 130 cm³/mol. The van der Waals surface area contributed by atoms with Gasteiger partial charge in [0.05, 0.1) is 40.4 Å². The highest BCUT2D eigenvalue weighted by molar-refractivity contribution is 7.18. The summed E-state index contributed by atoms with van der Waals surface area (Å²) in [6, 6.07) is 21.2. The Morgan fingerprint density at radius 3 is 2.58 bits per heavy atom. The number of hydrogen-bond donors (Lipinski definition) is 1. The highest BCUT2D eigenvalue weighted by Crippen LogP contribution is 2.26. The summed E-state index contributed by atoms with van der Waals surface area (Å²) in [7, 11) is 1.70. The van der Waals surface area contributed by atoms with Gasteiger partial charge in [-0.1, -0.05) is 42.0 Å². The first-order valence-corrected chi connectivity index (χ1v) is 11.7. The van der Waals surface area contributed by atoms with Crippen LogP contribution in [0.5, 0.6) is 0 Å². The maximum absolute atomic E-state index is 13.6. The lowest BCUT2D eigenvalue weighted by atomic mass is 10.0. The van der Waals surface area contributed by atoms with Gasteiger partial charge in [0, 0.05) is 13.2 Å². The van der Waals surface area contributed by atoms with Crippen LogP contribution in [0.3, 0.4) is 0 Å². The molecule has 1 atom stereocenters. The zero-order chi connectivity index (χ0) is 22.9. The van der Waals surface area contributed by atoms with Crippen molar-refractivity contribution in [2.24, 2.45) is 0 Å². The Labute approximate surface area is 195 Å². The zero-order valence-electron chi connectivity index (χ0n) is 18.6. The lowest BCUT2D eigenvalue weighted by molar-refractivity contribution is 0.154. The van der Waals surface area contributed by atoms with Gasteiger partial charge in [-0.25, -0.2) is 9.37 Å². The third-order valence-corrected chi connectivity index (χ3v) is 6.94. The summed E-state index contributed by atoms with van der Waals surface area (Å²) in [4.78, 5) is 4.62. The molecule has 0 radical (unpaired) electrons. The van der Waals surface area contributed by atoms with E-state index in [4.69, 9.17) is 10.1 Å². The molecule has 0 fully saturated rings. The maximum atomic E-state index is 13.6. The quantitative estimate of drug-likeness (QED) is 0.351. The summed E-state index contributed by atoms with van der Waals surface area (Å²) in [5, 5.41) is 9.94. The normalized spacial score (nSPS) is 12.6. The van der Waals surface area contributed by atoms with Gasteiger partial charge in [0.2, 0.25) is 5.62 Å². The first-order valence-electron chi connectivity index (χ1n) is 10.9. The van der Waals surface area contributed by atoms with E-state index in [9.17, 15) is 4.39 Å². The van der Waals surface area contributed by atoms with Gasteiger partial charge in [-0.2, -0.15) is 0 Å². The number of ether oxygens (including phenoxy) is 1. The molecule has 0 saturated carbocycles. The summed E-state index contributed by atoms with van der Waals surface area (Å²) in [6.07, 6.45) is 0.763. The number of aryl methyl sites for hydroxylation is 1. The lowest BCUT2D eigenvalue weighted by Gasteiger charge is -2.19. The Morgan fingerprint density at radius 1 is 1.06 bits per heavy atom. The van der Waals surface area contributed by atoms with E-state index in [2.05, 4.69) is 46.8 Å². The van der Waals surface area contributed by atoms with Crippen LogP contribution in [0, 0.1) is 18.2 Å². The van der Waals surface area contributed by atoms with Gasteiger partial charge in [-0.05, 0) is 43.2 Å². The first-order chi connectivity index (χ1) is 16.0. The van der Waals surface area contributed by atoms with Crippen LogP contribution in [0.25, 0.3) is 21.3 Å². The fourth-order valence-corrected chi connectivity index (χ4v) is 5.29. The SMILES string of the molecule is COC[C@H](Cc1ccc(C)cc1)n1c(=N)n(Cc2nc3cc(F)ccc3s2)c2ccccc21.